The summed E-state index contributed by atoms with van der Waals surface area (Å²) in [5.74, 6) is 0. The van der Waals surface area contributed by atoms with Gasteiger partial charge in [0.25, 0.3) is 0 Å². The Morgan fingerprint density at radius 1 is 0.345 bits per heavy atom. The summed E-state index contributed by atoms with van der Waals surface area (Å²) in [7, 11) is 0. The molecule has 0 saturated heterocycles. The van der Waals surface area contributed by atoms with Gasteiger partial charge in [-0.15, -0.1) is 0 Å². The van der Waals surface area contributed by atoms with Crippen molar-refractivity contribution in [2.75, 3.05) is 0 Å². The van der Waals surface area contributed by atoms with Gasteiger partial charge < -0.3 is 13.7 Å². The van der Waals surface area contributed by atoms with Gasteiger partial charge in [0.05, 0.1) is 61.7 Å². The van der Waals surface area contributed by atoms with E-state index >= 15 is 0 Å². The maximum Gasteiger partial charge on any atom is 0.101 e. The van der Waals surface area contributed by atoms with Gasteiger partial charge in [-0.25, -0.2) is 0 Å². The molecule has 11 rings (SSSR count). The van der Waals surface area contributed by atoms with E-state index in [0.717, 1.165) is 82.8 Å². The van der Waals surface area contributed by atoms with E-state index in [-0.39, 0.29) is 0 Å². The lowest BCUT2D eigenvalue weighted by molar-refractivity contribution is 1.14. The summed E-state index contributed by atoms with van der Waals surface area (Å²) in [5, 5.41) is 28.0. The summed E-state index contributed by atoms with van der Waals surface area (Å²) >= 11 is 0. The molecule has 3 aromatic heterocycles. The molecular formula is C50H29N5. The van der Waals surface area contributed by atoms with Crippen LogP contribution < -0.4 is 0 Å². The smallest absolute Gasteiger partial charge is 0.101 e. The molecule has 0 spiro atoms. The van der Waals surface area contributed by atoms with Crippen molar-refractivity contribution >= 4 is 65.4 Å². The van der Waals surface area contributed by atoms with E-state index in [0.29, 0.717) is 11.1 Å². The molecule has 0 saturated carbocycles. The summed E-state index contributed by atoms with van der Waals surface area (Å²) in [5.41, 5.74) is 12.0. The molecule has 11 aromatic rings. The third-order valence-electron chi connectivity index (χ3n) is 11.1. The Hall–Kier alpha value is -7.86. The van der Waals surface area contributed by atoms with Crippen molar-refractivity contribution in [2.24, 2.45) is 0 Å². The summed E-state index contributed by atoms with van der Waals surface area (Å²) in [6.07, 6.45) is 0. The van der Waals surface area contributed by atoms with E-state index in [2.05, 4.69) is 153 Å². The summed E-state index contributed by atoms with van der Waals surface area (Å²) in [6, 6.07) is 65.9. The molecule has 254 valence electrons. The monoisotopic (exact) mass is 699 g/mol. The number of benzene rings is 8. The summed E-state index contributed by atoms with van der Waals surface area (Å²) in [6.45, 7) is 0. The zero-order chi connectivity index (χ0) is 36.6. The van der Waals surface area contributed by atoms with Crippen LogP contribution >= 0.6 is 0 Å². The fourth-order valence-electron chi connectivity index (χ4n) is 8.90. The second kappa shape index (κ2) is 11.8. The van der Waals surface area contributed by atoms with Gasteiger partial charge >= 0.3 is 0 Å². The van der Waals surface area contributed by atoms with Gasteiger partial charge in [0.2, 0.25) is 0 Å². The van der Waals surface area contributed by atoms with Gasteiger partial charge in [0.1, 0.15) is 6.07 Å². The Kier molecular flexibility index (Phi) is 6.61. The molecule has 5 heteroatoms. The molecule has 55 heavy (non-hydrogen) atoms. The molecule has 5 nitrogen and oxygen atoms in total. The van der Waals surface area contributed by atoms with Gasteiger partial charge in [0, 0.05) is 49.1 Å². The SMILES string of the molecule is N#Cc1cccc(-n2c3ccccc3c3ccc(-n4c5ccccc5c5ccccc54)cc32)c1-c1ccccc1-n1c2ccccc2c2cccc(C#N)c21. The fourth-order valence-corrected chi connectivity index (χ4v) is 8.90. The van der Waals surface area contributed by atoms with Crippen LogP contribution in [0.2, 0.25) is 0 Å². The van der Waals surface area contributed by atoms with Crippen LogP contribution in [-0.2, 0) is 0 Å². The summed E-state index contributed by atoms with van der Waals surface area (Å²) in [4.78, 5) is 0. The first-order valence-electron chi connectivity index (χ1n) is 18.3. The minimum atomic E-state index is 0.565. The van der Waals surface area contributed by atoms with Crippen molar-refractivity contribution in [1.29, 1.82) is 10.5 Å². The minimum absolute atomic E-state index is 0.565. The highest BCUT2D eigenvalue weighted by Gasteiger charge is 2.23. The van der Waals surface area contributed by atoms with E-state index in [1.54, 1.807) is 0 Å². The highest BCUT2D eigenvalue weighted by molar-refractivity contribution is 6.14. The van der Waals surface area contributed by atoms with Crippen LogP contribution in [0.3, 0.4) is 0 Å². The van der Waals surface area contributed by atoms with Crippen molar-refractivity contribution in [1.82, 2.24) is 13.7 Å². The quantitative estimate of drug-likeness (QED) is 0.184. The number of aromatic nitrogens is 3. The van der Waals surface area contributed by atoms with Crippen LogP contribution in [0.15, 0.2) is 176 Å². The first-order chi connectivity index (χ1) is 27.2. The van der Waals surface area contributed by atoms with E-state index < -0.39 is 0 Å². The average molecular weight is 700 g/mol. The highest BCUT2D eigenvalue weighted by Crippen LogP contribution is 2.43. The Balaban J connectivity index is 1.24. The second-order valence-corrected chi connectivity index (χ2v) is 13.9. The van der Waals surface area contributed by atoms with Crippen LogP contribution in [0.1, 0.15) is 11.1 Å². The number of fused-ring (bicyclic) bond motifs is 9. The number of nitrogens with zero attached hydrogens (tertiary/aromatic N) is 5. The molecule has 0 N–H and O–H groups in total. The van der Waals surface area contributed by atoms with Gasteiger partial charge in [0.15, 0.2) is 0 Å². The zero-order valence-corrected chi connectivity index (χ0v) is 29.5. The molecule has 3 heterocycles. The molecular weight excluding hydrogens is 671 g/mol. The third kappa shape index (κ3) is 4.33. The fraction of sp³-hybridized carbons (Fsp3) is 0. The molecule has 0 fully saturated rings. The van der Waals surface area contributed by atoms with Crippen LogP contribution in [0.25, 0.3) is 93.6 Å². The molecule has 0 atom stereocenters. The van der Waals surface area contributed by atoms with Crippen molar-refractivity contribution in [3.63, 3.8) is 0 Å². The molecule has 0 unspecified atom stereocenters. The molecule has 0 aliphatic heterocycles. The number of para-hydroxylation sites is 6. The highest BCUT2D eigenvalue weighted by atomic mass is 15.0. The molecule has 8 aromatic carbocycles. The first kappa shape index (κ1) is 30.7. The summed E-state index contributed by atoms with van der Waals surface area (Å²) < 4.78 is 6.87. The zero-order valence-electron chi connectivity index (χ0n) is 29.5. The van der Waals surface area contributed by atoms with E-state index in [1.807, 2.05) is 48.5 Å². The average Bonchev–Trinajstić information content (AvgIpc) is 3.89. The van der Waals surface area contributed by atoms with Crippen LogP contribution in [-0.4, -0.2) is 13.7 Å². The van der Waals surface area contributed by atoms with E-state index in [1.165, 1.54) is 10.8 Å². The lowest BCUT2D eigenvalue weighted by Crippen LogP contribution is -2.04. The minimum Gasteiger partial charge on any atom is -0.309 e. The first-order valence-corrected chi connectivity index (χ1v) is 18.3. The van der Waals surface area contributed by atoms with Crippen molar-refractivity contribution in [2.45, 2.75) is 0 Å². The lowest BCUT2D eigenvalue weighted by Gasteiger charge is -2.20. The van der Waals surface area contributed by atoms with Gasteiger partial charge in [-0.2, -0.15) is 10.5 Å². The molecule has 0 amide bonds. The number of rotatable bonds is 4. The van der Waals surface area contributed by atoms with Gasteiger partial charge in [-0.1, -0.05) is 115 Å². The van der Waals surface area contributed by atoms with E-state index in [4.69, 9.17) is 0 Å². The third-order valence-corrected chi connectivity index (χ3v) is 11.1. The number of hydrogen-bond donors (Lipinski definition) is 0. The molecule has 0 aliphatic carbocycles. The lowest BCUT2D eigenvalue weighted by atomic mass is 9.96. The number of hydrogen-bond acceptors (Lipinski definition) is 2. The topological polar surface area (TPSA) is 62.4 Å². The van der Waals surface area contributed by atoms with Crippen molar-refractivity contribution in [3.8, 4) is 40.3 Å². The van der Waals surface area contributed by atoms with Gasteiger partial charge in [-0.05, 0) is 60.7 Å². The van der Waals surface area contributed by atoms with Gasteiger partial charge in [-0.3, -0.25) is 0 Å². The Morgan fingerprint density at radius 2 is 0.818 bits per heavy atom. The van der Waals surface area contributed by atoms with Crippen molar-refractivity contribution in [3.05, 3.63) is 187 Å². The normalized spacial score (nSPS) is 11.6. The van der Waals surface area contributed by atoms with Crippen LogP contribution in [0.4, 0.5) is 0 Å². The van der Waals surface area contributed by atoms with Crippen LogP contribution in [0, 0.1) is 22.7 Å². The molecule has 0 bridgehead atoms. The van der Waals surface area contributed by atoms with E-state index in [9.17, 15) is 10.5 Å². The Bertz CT molecular complexity index is 3420. The van der Waals surface area contributed by atoms with Crippen molar-refractivity contribution < 1.29 is 0 Å². The predicted molar refractivity (Wildman–Crippen MR) is 224 cm³/mol. The molecule has 0 aliphatic rings. The second-order valence-electron chi connectivity index (χ2n) is 13.9. The predicted octanol–water partition coefficient (Wildman–Crippen LogP) is 12.4. The maximum absolute atomic E-state index is 10.8. The maximum atomic E-state index is 10.8. The number of nitriles is 2. The Morgan fingerprint density at radius 3 is 1.47 bits per heavy atom. The van der Waals surface area contributed by atoms with Crippen LogP contribution in [0.5, 0.6) is 0 Å². The Labute approximate surface area is 316 Å². The molecule has 0 radical (unpaired) electrons. The standard InChI is InChI=1S/C50H29N5/c51-30-32-13-12-26-47(49(32)41-19-5-10-25-46(41)55-45-24-9-4-18-38(45)40-20-11-14-33(31-52)50(40)55)54-44-23-8-3-17-37(44)39-28-27-34(29-48(39)54)53-42-21-6-1-15-35(42)36-16-2-7-22-43(36)53/h1-29H. The largest absolute Gasteiger partial charge is 0.309 e.